The SMILES string of the molecule is COC(=O)NCC(=O)N1CCN(Cc2ccccc2)CC1. The third kappa shape index (κ3) is 4.75. The van der Waals surface area contributed by atoms with E-state index in [4.69, 9.17) is 0 Å². The number of ether oxygens (including phenoxy) is 1. The van der Waals surface area contributed by atoms with Gasteiger partial charge in [-0.1, -0.05) is 30.3 Å². The molecule has 0 aromatic heterocycles. The molecule has 0 aliphatic carbocycles. The number of carbonyl (C=O) groups is 2. The molecular weight excluding hydrogens is 270 g/mol. The fourth-order valence-corrected chi connectivity index (χ4v) is 2.33. The normalized spacial score (nSPS) is 15.6. The van der Waals surface area contributed by atoms with E-state index < -0.39 is 6.09 Å². The van der Waals surface area contributed by atoms with Crippen molar-refractivity contribution in [1.82, 2.24) is 15.1 Å². The van der Waals surface area contributed by atoms with Gasteiger partial charge in [-0.15, -0.1) is 0 Å². The number of benzene rings is 1. The van der Waals surface area contributed by atoms with Crippen LogP contribution >= 0.6 is 0 Å². The minimum atomic E-state index is -0.578. The number of hydrogen-bond donors (Lipinski definition) is 1. The molecule has 0 atom stereocenters. The number of amides is 2. The average Bonchev–Trinajstić information content (AvgIpc) is 2.54. The second-order valence-electron chi connectivity index (χ2n) is 4.99. The quantitative estimate of drug-likeness (QED) is 0.886. The van der Waals surface area contributed by atoms with Crippen LogP contribution in [0, 0.1) is 0 Å². The topological polar surface area (TPSA) is 61.9 Å². The number of alkyl carbamates (subject to hydrolysis) is 1. The summed E-state index contributed by atoms with van der Waals surface area (Å²) in [5.74, 6) is -0.0697. The molecule has 1 saturated heterocycles. The summed E-state index contributed by atoms with van der Waals surface area (Å²) in [6, 6.07) is 10.3. The predicted molar refractivity (Wildman–Crippen MR) is 78.7 cm³/mol. The van der Waals surface area contributed by atoms with E-state index >= 15 is 0 Å². The van der Waals surface area contributed by atoms with E-state index in [0.29, 0.717) is 13.1 Å². The number of nitrogens with zero attached hydrogens (tertiary/aromatic N) is 2. The van der Waals surface area contributed by atoms with Gasteiger partial charge in [-0.3, -0.25) is 9.69 Å². The highest BCUT2D eigenvalue weighted by molar-refractivity contribution is 5.82. The number of nitrogens with one attached hydrogen (secondary N) is 1. The Labute approximate surface area is 124 Å². The Bertz CT molecular complexity index is 470. The predicted octanol–water partition coefficient (Wildman–Crippen LogP) is 0.687. The van der Waals surface area contributed by atoms with Gasteiger partial charge in [0.15, 0.2) is 0 Å². The minimum Gasteiger partial charge on any atom is -0.453 e. The van der Waals surface area contributed by atoms with Crippen LogP contribution in [0.4, 0.5) is 4.79 Å². The van der Waals surface area contributed by atoms with Gasteiger partial charge in [0.05, 0.1) is 7.11 Å². The van der Waals surface area contributed by atoms with Gasteiger partial charge in [0.25, 0.3) is 0 Å². The van der Waals surface area contributed by atoms with Crippen molar-refractivity contribution in [3.05, 3.63) is 35.9 Å². The molecule has 114 valence electrons. The van der Waals surface area contributed by atoms with Crippen LogP contribution in [0.15, 0.2) is 30.3 Å². The Morgan fingerprint density at radius 2 is 1.81 bits per heavy atom. The molecule has 1 aliphatic heterocycles. The van der Waals surface area contributed by atoms with Crippen molar-refractivity contribution in [2.24, 2.45) is 0 Å². The molecule has 0 bridgehead atoms. The molecule has 1 heterocycles. The highest BCUT2D eigenvalue weighted by Crippen LogP contribution is 2.08. The molecule has 21 heavy (non-hydrogen) atoms. The summed E-state index contributed by atoms with van der Waals surface area (Å²) < 4.78 is 4.44. The van der Waals surface area contributed by atoms with Crippen LogP contribution in [0.1, 0.15) is 5.56 Å². The number of methoxy groups -OCH3 is 1. The molecule has 0 saturated carbocycles. The number of piperazine rings is 1. The van der Waals surface area contributed by atoms with Crippen LogP contribution in [0.3, 0.4) is 0 Å². The van der Waals surface area contributed by atoms with Gasteiger partial charge in [-0.25, -0.2) is 4.79 Å². The fourth-order valence-electron chi connectivity index (χ4n) is 2.33. The van der Waals surface area contributed by atoms with Gasteiger partial charge in [0, 0.05) is 32.7 Å². The van der Waals surface area contributed by atoms with Gasteiger partial charge >= 0.3 is 6.09 Å². The van der Waals surface area contributed by atoms with Gasteiger partial charge in [0.2, 0.25) is 5.91 Å². The zero-order chi connectivity index (χ0) is 15.1. The first-order chi connectivity index (χ1) is 10.2. The summed E-state index contributed by atoms with van der Waals surface area (Å²) in [5, 5.41) is 2.41. The molecular formula is C15H21N3O3. The molecule has 1 fully saturated rings. The maximum Gasteiger partial charge on any atom is 0.407 e. The lowest BCUT2D eigenvalue weighted by Crippen LogP contribution is -2.50. The first-order valence-corrected chi connectivity index (χ1v) is 7.05. The highest BCUT2D eigenvalue weighted by Gasteiger charge is 2.21. The Morgan fingerprint density at radius 1 is 1.14 bits per heavy atom. The number of hydrogen-bond acceptors (Lipinski definition) is 4. The summed E-state index contributed by atoms with van der Waals surface area (Å²) >= 11 is 0. The molecule has 1 aromatic rings. The van der Waals surface area contributed by atoms with Crippen molar-refractivity contribution in [2.45, 2.75) is 6.54 Å². The van der Waals surface area contributed by atoms with E-state index in [1.54, 1.807) is 4.90 Å². The molecule has 1 N–H and O–H groups in total. The zero-order valence-electron chi connectivity index (χ0n) is 12.2. The first-order valence-electron chi connectivity index (χ1n) is 7.05. The molecule has 1 aromatic carbocycles. The van der Waals surface area contributed by atoms with Crippen molar-refractivity contribution in [3.63, 3.8) is 0 Å². The molecule has 0 unspecified atom stereocenters. The lowest BCUT2D eigenvalue weighted by atomic mass is 10.2. The van der Waals surface area contributed by atoms with E-state index in [9.17, 15) is 9.59 Å². The van der Waals surface area contributed by atoms with Gasteiger partial charge < -0.3 is 15.0 Å². The summed E-state index contributed by atoms with van der Waals surface area (Å²) in [5.41, 5.74) is 1.28. The Balaban J connectivity index is 1.72. The van der Waals surface area contributed by atoms with Crippen LogP contribution in [0.2, 0.25) is 0 Å². The molecule has 0 radical (unpaired) electrons. The Morgan fingerprint density at radius 3 is 2.43 bits per heavy atom. The standard InChI is InChI=1S/C15H21N3O3/c1-21-15(20)16-11-14(19)18-9-7-17(8-10-18)12-13-5-3-2-4-6-13/h2-6H,7-12H2,1H3,(H,16,20). The molecule has 2 rings (SSSR count). The zero-order valence-corrected chi connectivity index (χ0v) is 12.2. The average molecular weight is 291 g/mol. The van der Waals surface area contributed by atoms with E-state index in [-0.39, 0.29) is 12.5 Å². The van der Waals surface area contributed by atoms with Gasteiger partial charge in [0.1, 0.15) is 6.54 Å². The maximum atomic E-state index is 11.9. The third-order valence-corrected chi connectivity index (χ3v) is 3.54. The third-order valence-electron chi connectivity index (χ3n) is 3.54. The van der Waals surface area contributed by atoms with Crippen molar-refractivity contribution >= 4 is 12.0 Å². The molecule has 6 heteroatoms. The van der Waals surface area contributed by atoms with E-state index in [1.165, 1.54) is 12.7 Å². The van der Waals surface area contributed by atoms with Crippen LogP contribution in [0.5, 0.6) is 0 Å². The molecule has 1 aliphatic rings. The monoisotopic (exact) mass is 291 g/mol. The van der Waals surface area contributed by atoms with Crippen LogP contribution in [-0.2, 0) is 16.1 Å². The summed E-state index contributed by atoms with van der Waals surface area (Å²) in [6.07, 6.45) is -0.578. The van der Waals surface area contributed by atoms with Crippen LogP contribution < -0.4 is 5.32 Å². The highest BCUT2D eigenvalue weighted by atomic mass is 16.5. The lowest BCUT2D eigenvalue weighted by Gasteiger charge is -2.34. The summed E-state index contributed by atoms with van der Waals surface area (Å²) in [7, 11) is 1.28. The maximum absolute atomic E-state index is 11.9. The smallest absolute Gasteiger partial charge is 0.407 e. The largest absolute Gasteiger partial charge is 0.453 e. The summed E-state index contributed by atoms with van der Waals surface area (Å²) in [6.45, 7) is 3.97. The van der Waals surface area contributed by atoms with Gasteiger partial charge in [-0.05, 0) is 5.56 Å². The molecule has 2 amide bonds. The summed E-state index contributed by atoms with van der Waals surface area (Å²) in [4.78, 5) is 27.0. The lowest BCUT2D eigenvalue weighted by molar-refractivity contribution is -0.131. The van der Waals surface area contributed by atoms with E-state index in [2.05, 4.69) is 27.1 Å². The minimum absolute atomic E-state index is 0.00857. The Kier molecular flexibility index (Phi) is 5.57. The van der Waals surface area contributed by atoms with Crippen LogP contribution in [0.25, 0.3) is 0 Å². The van der Waals surface area contributed by atoms with Crippen LogP contribution in [-0.4, -0.2) is 61.6 Å². The second-order valence-corrected chi connectivity index (χ2v) is 4.99. The number of carbonyl (C=O) groups excluding carboxylic acids is 2. The molecule has 0 spiro atoms. The second kappa shape index (κ2) is 7.64. The van der Waals surface area contributed by atoms with Crippen molar-refractivity contribution < 1.29 is 14.3 Å². The Hall–Kier alpha value is -2.08. The van der Waals surface area contributed by atoms with Crippen molar-refractivity contribution in [2.75, 3.05) is 39.8 Å². The van der Waals surface area contributed by atoms with E-state index in [0.717, 1.165) is 19.6 Å². The fraction of sp³-hybridized carbons (Fsp3) is 0.467. The number of rotatable bonds is 4. The van der Waals surface area contributed by atoms with Crippen molar-refractivity contribution in [1.29, 1.82) is 0 Å². The molecule has 6 nitrogen and oxygen atoms in total. The van der Waals surface area contributed by atoms with Gasteiger partial charge in [-0.2, -0.15) is 0 Å². The van der Waals surface area contributed by atoms with Crippen molar-refractivity contribution in [3.8, 4) is 0 Å². The van der Waals surface area contributed by atoms with E-state index in [1.807, 2.05) is 18.2 Å². The first kappa shape index (κ1) is 15.3.